The van der Waals surface area contributed by atoms with Gasteiger partial charge in [0.05, 0.1) is 7.11 Å². The van der Waals surface area contributed by atoms with Crippen molar-refractivity contribution in [3.63, 3.8) is 0 Å². The van der Waals surface area contributed by atoms with Crippen molar-refractivity contribution in [2.75, 3.05) is 18.6 Å². The molecule has 0 spiro atoms. The lowest BCUT2D eigenvalue weighted by atomic mass is 10.2. The average Bonchev–Trinajstić information content (AvgIpc) is 3.16. The SMILES string of the molecule is COc1ccc(-c2nnc(N3CCC[C@H]3C(=O)O)s2)cc1. The summed E-state index contributed by atoms with van der Waals surface area (Å²) in [5, 5.41) is 19.0. The number of nitrogens with zero attached hydrogens (tertiary/aromatic N) is 3. The maximum atomic E-state index is 11.2. The molecule has 0 amide bonds. The van der Waals surface area contributed by atoms with Crippen molar-refractivity contribution in [3.8, 4) is 16.3 Å². The molecule has 0 radical (unpaired) electrons. The maximum absolute atomic E-state index is 11.2. The van der Waals surface area contributed by atoms with Crippen LogP contribution in [0.4, 0.5) is 5.13 Å². The van der Waals surface area contributed by atoms with E-state index in [2.05, 4.69) is 10.2 Å². The molecule has 1 aromatic carbocycles. The number of benzene rings is 1. The van der Waals surface area contributed by atoms with Gasteiger partial charge < -0.3 is 14.7 Å². The summed E-state index contributed by atoms with van der Waals surface area (Å²) in [5.74, 6) is -0.0114. The number of carboxylic acid groups (broad SMARTS) is 1. The third-order valence-corrected chi connectivity index (χ3v) is 4.54. The summed E-state index contributed by atoms with van der Waals surface area (Å²) in [5.41, 5.74) is 0.950. The summed E-state index contributed by atoms with van der Waals surface area (Å²) < 4.78 is 5.13. The molecule has 0 unspecified atom stereocenters. The van der Waals surface area contributed by atoms with Crippen LogP contribution in [-0.4, -0.2) is 41.0 Å². The lowest BCUT2D eigenvalue weighted by molar-refractivity contribution is -0.138. The van der Waals surface area contributed by atoms with Gasteiger partial charge in [0.25, 0.3) is 0 Å². The maximum Gasteiger partial charge on any atom is 0.326 e. The van der Waals surface area contributed by atoms with Crippen LogP contribution in [-0.2, 0) is 4.79 Å². The Hall–Kier alpha value is -2.15. The second-order valence-corrected chi connectivity index (χ2v) is 5.76. The topological polar surface area (TPSA) is 75.6 Å². The van der Waals surface area contributed by atoms with E-state index in [-0.39, 0.29) is 0 Å². The lowest BCUT2D eigenvalue weighted by Gasteiger charge is -2.19. The fourth-order valence-corrected chi connectivity index (χ4v) is 3.36. The van der Waals surface area contributed by atoms with Gasteiger partial charge in [0.1, 0.15) is 16.8 Å². The van der Waals surface area contributed by atoms with Gasteiger partial charge in [-0.2, -0.15) is 0 Å². The highest BCUT2D eigenvalue weighted by molar-refractivity contribution is 7.18. The Morgan fingerprint density at radius 2 is 2.14 bits per heavy atom. The first kappa shape index (κ1) is 13.8. The van der Waals surface area contributed by atoms with E-state index in [1.54, 1.807) is 7.11 Å². The molecule has 1 aliphatic rings. The third-order valence-electron chi connectivity index (χ3n) is 3.53. The van der Waals surface area contributed by atoms with Crippen LogP contribution in [0.25, 0.3) is 10.6 Å². The molecule has 1 aliphatic heterocycles. The van der Waals surface area contributed by atoms with E-state index in [1.165, 1.54) is 11.3 Å². The van der Waals surface area contributed by atoms with Gasteiger partial charge in [-0.25, -0.2) is 4.79 Å². The second-order valence-electron chi connectivity index (χ2n) is 4.81. The molecular formula is C14H15N3O3S. The number of rotatable bonds is 4. The summed E-state index contributed by atoms with van der Waals surface area (Å²) in [6.45, 7) is 0.716. The third kappa shape index (κ3) is 2.69. The van der Waals surface area contributed by atoms with Gasteiger partial charge in [0.15, 0.2) is 0 Å². The molecule has 1 N–H and O–H groups in total. The van der Waals surface area contributed by atoms with E-state index in [9.17, 15) is 9.90 Å². The van der Waals surface area contributed by atoms with E-state index >= 15 is 0 Å². The Morgan fingerprint density at radius 3 is 2.81 bits per heavy atom. The molecular weight excluding hydrogens is 290 g/mol. The van der Waals surface area contributed by atoms with Gasteiger partial charge in [-0.15, -0.1) is 10.2 Å². The molecule has 1 atom stereocenters. The van der Waals surface area contributed by atoms with Crippen LogP contribution >= 0.6 is 11.3 Å². The minimum atomic E-state index is -0.798. The summed E-state index contributed by atoms with van der Waals surface area (Å²) in [6, 6.07) is 7.09. The molecule has 1 saturated heterocycles. The minimum Gasteiger partial charge on any atom is -0.497 e. The van der Waals surface area contributed by atoms with Crippen LogP contribution in [0, 0.1) is 0 Å². The van der Waals surface area contributed by atoms with Crippen LogP contribution < -0.4 is 9.64 Å². The van der Waals surface area contributed by atoms with Crippen molar-refractivity contribution in [3.05, 3.63) is 24.3 Å². The standard InChI is InChI=1S/C14H15N3O3S/c1-20-10-6-4-9(5-7-10)12-15-16-14(21-12)17-8-2-3-11(17)13(18)19/h4-7,11H,2-3,8H2,1H3,(H,18,19)/t11-/m0/s1. The number of carbonyl (C=O) groups is 1. The molecule has 1 aromatic heterocycles. The first-order valence-electron chi connectivity index (χ1n) is 6.66. The summed E-state index contributed by atoms with van der Waals surface area (Å²) >= 11 is 1.42. The molecule has 2 heterocycles. The highest BCUT2D eigenvalue weighted by Gasteiger charge is 2.32. The van der Waals surface area contributed by atoms with Gasteiger partial charge >= 0.3 is 5.97 Å². The van der Waals surface area contributed by atoms with Crippen molar-refractivity contribution >= 4 is 22.4 Å². The minimum absolute atomic E-state index is 0.485. The van der Waals surface area contributed by atoms with Crippen LogP contribution in [0.1, 0.15) is 12.8 Å². The molecule has 6 nitrogen and oxygen atoms in total. The summed E-state index contributed by atoms with van der Waals surface area (Å²) in [6.07, 6.45) is 1.53. The molecule has 0 bridgehead atoms. The van der Waals surface area contributed by atoms with E-state index in [4.69, 9.17) is 4.74 Å². The predicted molar refractivity (Wildman–Crippen MR) is 79.9 cm³/mol. The normalized spacial score (nSPS) is 18.0. The first-order valence-corrected chi connectivity index (χ1v) is 7.48. The van der Waals surface area contributed by atoms with Gasteiger partial charge in [-0.1, -0.05) is 11.3 Å². The largest absolute Gasteiger partial charge is 0.497 e. The molecule has 3 rings (SSSR count). The van der Waals surface area contributed by atoms with E-state index in [0.29, 0.717) is 18.1 Å². The number of ether oxygens (including phenoxy) is 1. The zero-order chi connectivity index (χ0) is 14.8. The smallest absolute Gasteiger partial charge is 0.326 e. The van der Waals surface area contributed by atoms with Gasteiger partial charge in [0.2, 0.25) is 5.13 Å². The Balaban J connectivity index is 1.84. The fraction of sp³-hybridized carbons (Fsp3) is 0.357. The summed E-state index contributed by atoms with van der Waals surface area (Å²) in [7, 11) is 1.62. The first-order chi connectivity index (χ1) is 10.2. The predicted octanol–water partition coefficient (Wildman–Crippen LogP) is 2.27. The zero-order valence-electron chi connectivity index (χ0n) is 11.5. The number of carboxylic acids is 1. The molecule has 0 aliphatic carbocycles. The number of aromatic nitrogens is 2. The fourth-order valence-electron chi connectivity index (χ4n) is 2.43. The number of methoxy groups -OCH3 is 1. The number of hydrogen-bond donors (Lipinski definition) is 1. The van der Waals surface area contributed by atoms with Crippen LogP contribution in [0.15, 0.2) is 24.3 Å². The zero-order valence-corrected chi connectivity index (χ0v) is 12.3. The van der Waals surface area contributed by atoms with Crippen LogP contribution in [0.5, 0.6) is 5.75 Å². The van der Waals surface area contributed by atoms with Crippen molar-refractivity contribution in [1.82, 2.24) is 10.2 Å². The molecule has 7 heteroatoms. The number of anilines is 1. The highest BCUT2D eigenvalue weighted by Crippen LogP contribution is 2.33. The monoisotopic (exact) mass is 305 g/mol. The Morgan fingerprint density at radius 1 is 1.38 bits per heavy atom. The Kier molecular flexibility index (Phi) is 3.74. The Bertz CT molecular complexity index is 641. The van der Waals surface area contributed by atoms with Gasteiger partial charge in [-0.3, -0.25) is 0 Å². The van der Waals surface area contributed by atoms with Crippen LogP contribution in [0.3, 0.4) is 0 Å². The van der Waals surface area contributed by atoms with Crippen LogP contribution in [0.2, 0.25) is 0 Å². The van der Waals surface area contributed by atoms with Gasteiger partial charge in [-0.05, 0) is 37.1 Å². The highest BCUT2D eigenvalue weighted by atomic mass is 32.1. The van der Waals surface area contributed by atoms with Gasteiger partial charge in [0, 0.05) is 12.1 Å². The second kappa shape index (κ2) is 5.69. The number of aliphatic carboxylic acids is 1. The van der Waals surface area contributed by atoms with E-state index < -0.39 is 12.0 Å². The van der Waals surface area contributed by atoms with Crippen molar-refractivity contribution in [2.45, 2.75) is 18.9 Å². The average molecular weight is 305 g/mol. The molecule has 110 valence electrons. The quantitative estimate of drug-likeness (QED) is 0.934. The molecule has 0 saturated carbocycles. The lowest BCUT2D eigenvalue weighted by Crippen LogP contribution is -2.35. The van der Waals surface area contributed by atoms with Crippen molar-refractivity contribution < 1.29 is 14.6 Å². The van der Waals surface area contributed by atoms with Crippen molar-refractivity contribution in [1.29, 1.82) is 0 Å². The van der Waals surface area contributed by atoms with Crippen molar-refractivity contribution in [2.24, 2.45) is 0 Å². The molecule has 2 aromatic rings. The molecule has 1 fully saturated rings. The number of hydrogen-bond acceptors (Lipinski definition) is 6. The molecule has 21 heavy (non-hydrogen) atoms. The van der Waals surface area contributed by atoms with E-state index in [1.807, 2.05) is 29.2 Å². The Labute approximate surface area is 126 Å². The van der Waals surface area contributed by atoms with E-state index in [0.717, 1.165) is 22.7 Å². The summed E-state index contributed by atoms with van der Waals surface area (Å²) in [4.78, 5) is 13.1.